The van der Waals surface area contributed by atoms with E-state index in [1.54, 1.807) is 11.3 Å². The second-order valence-corrected chi connectivity index (χ2v) is 6.23. The van der Waals surface area contributed by atoms with Gasteiger partial charge in [-0.3, -0.25) is 4.79 Å². The zero-order chi connectivity index (χ0) is 11.8. The van der Waals surface area contributed by atoms with Crippen LogP contribution >= 0.6 is 11.3 Å². The zero-order valence-electron chi connectivity index (χ0n) is 9.76. The molecule has 2 unspecified atom stereocenters. The first kappa shape index (κ1) is 11.2. The predicted molar refractivity (Wildman–Crippen MR) is 66.3 cm³/mol. The summed E-state index contributed by atoms with van der Waals surface area (Å²) in [5, 5.41) is 12.2. The average Bonchev–Trinajstić information content (AvgIpc) is 2.74. The Hall–Kier alpha value is -0.900. The van der Waals surface area contributed by atoms with Crippen LogP contribution in [0.15, 0.2) is 5.38 Å². The fourth-order valence-electron chi connectivity index (χ4n) is 2.83. The number of hydrogen-bond donors (Lipinski definition) is 1. The number of carbonyl (C=O) groups is 1. The van der Waals surface area contributed by atoms with E-state index in [2.05, 4.69) is 5.38 Å². The van der Waals surface area contributed by atoms with Gasteiger partial charge in [-0.2, -0.15) is 0 Å². The molecule has 2 aliphatic carbocycles. The van der Waals surface area contributed by atoms with Crippen molar-refractivity contribution in [3.63, 3.8) is 0 Å². The topological polar surface area (TPSA) is 50.2 Å². The van der Waals surface area contributed by atoms with Crippen LogP contribution in [0.5, 0.6) is 0 Å². The number of aliphatic carboxylic acids is 1. The minimum absolute atomic E-state index is 0.103. The van der Waals surface area contributed by atoms with E-state index in [1.807, 2.05) is 0 Å². The fraction of sp³-hybridized carbons (Fsp3) is 0.692. The van der Waals surface area contributed by atoms with E-state index in [-0.39, 0.29) is 5.92 Å². The first-order valence-corrected chi connectivity index (χ1v) is 7.29. The summed E-state index contributed by atoms with van der Waals surface area (Å²) in [6.45, 7) is 0. The molecule has 0 saturated heterocycles. The highest BCUT2D eigenvalue weighted by Crippen LogP contribution is 2.42. The molecule has 1 heterocycles. The molecule has 0 bridgehead atoms. The van der Waals surface area contributed by atoms with Crippen molar-refractivity contribution in [3.05, 3.63) is 16.1 Å². The van der Waals surface area contributed by atoms with Gasteiger partial charge < -0.3 is 5.11 Å². The van der Waals surface area contributed by atoms with E-state index < -0.39 is 5.97 Å². The van der Waals surface area contributed by atoms with Gasteiger partial charge in [0.25, 0.3) is 0 Å². The lowest BCUT2D eigenvalue weighted by molar-refractivity contribution is -0.138. The summed E-state index contributed by atoms with van der Waals surface area (Å²) in [6.07, 6.45) is 6.94. The number of aromatic nitrogens is 1. The molecular weight excluding hydrogens is 234 g/mol. The lowest BCUT2D eigenvalue weighted by atomic mass is 10.1. The van der Waals surface area contributed by atoms with Crippen LogP contribution in [0.4, 0.5) is 0 Å². The van der Waals surface area contributed by atoms with E-state index >= 15 is 0 Å². The molecule has 17 heavy (non-hydrogen) atoms. The van der Waals surface area contributed by atoms with Crippen LogP contribution < -0.4 is 0 Å². The Kier molecular flexibility index (Phi) is 2.90. The third kappa shape index (κ3) is 2.37. The molecule has 1 N–H and O–H groups in total. The molecule has 4 heteroatoms. The minimum Gasteiger partial charge on any atom is -0.481 e. The van der Waals surface area contributed by atoms with Crippen molar-refractivity contribution in [1.29, 1.82) is 0 Å². The van der Waals surface area contributed by atoms with E-state index in [4.69, 9.17) is 10.1 Å². The molecule has 0 spiro atoms. The first-order valence-electron chi connectivity index (χ1n) is 6.41. The molecule has 0 aromatic carbocycles. The molecule has 3 nitrogen and oxygen atoms in total. The van der Waals surface area contributed by atoms with Crippen molar-refractivity contribution in [3.8, 4) is 0 Å². The van der Waals surface area contributed by atoms with E-state index in [0.29, 0.717) is 11.8 Å². The Labute approximate surface area is 105 Å². The largest absolute Gasteiger partial charge is 0.481 e. The van der Waals surface area contributed by atoms with Crippen molar-refractivity contribution in [2.24, 2.45) is 11.8 Å². The highest BCUT2D eigenvalue weighted by molar-refractivity contribution is 7.09. The third-order valence-electron chi connectivity index (χ3n) is 4.02. The SMILES string of the molecule is O=C(O)C1CC1Cc1nc(C2CCCC2)cs1. The maximum atomic E-state index is 10.8. The molecular formula is C13H17NO2S. The molecule has 1 aromatic heterocycles. The predicted octanol–water partition coefficient (Wildman–Crippen LogP) is 3.06. The summed E-state index contributed by atoms with van der Waals surface area (Å²) in [5.74, 6) is 0.279. The van der Waals surface area contributed by atoms with Crippen LogP contribution in [-0.4, -0.2) is 16.1 Å². The Morgan fingerprint density at radius 1 is 1.47 bits per heavy atom. The summed E-state index contributed by atoms with van der Waals surface area (Å²) < 4.78 is 0. The molecule has 0 aliphatic heterocycles. The van der Waals surface area contributed by atoms with Gasteiger partial charge in [-0.15, -0.1) is 11.3 Å². The zero-order valence-corrected chi connectivity index (χ0v) is 10.6. The van der Waals surface area contributed by atoms with Gasteiger partial charge in [0.15, 0.2) is 0 Å². The normalized spacial score (nSPS) is 28.5. The number of thiazole rings is 1. The van der Waals surface area contributed by atoms with Crippen molar-refractivity contribution in [2.75, 3.05) is 0 Å². The lowest BCUT2D eigenvalue weighted by Gasteiger charge is -2.03. The maximum absolute atomic E-state index is 10.8. The Morgan fingerprint density at radius 2 is 2.24 bits per heavy atom. The summed E-state index contributed by atoms with van der Waals surface area (Å²) in [5.41, 5.74) is 1.26. The Morgan fingerprint density at radius 3 is 2.88 bits per heavy atom. The van der Waals surface area contributed by atoms with Crippen molar-refractivity contribution in [2.45, 2.75) is 44.4 Å². The van der Waals surface area contributed by atoms with E-state index in [1.165, 1.54) is 31.4 Å². The van der Waals surface area contributed by atoms with E-state index in [0.717, 1.165) is 17.8 Å². The molecule has 1 aromatic rings. The van der Waals surface area contributed by atoms with Gasteiger partial charge >= 0.3 is 5.97 Å². The number of carboxylic acid groups (broad SMARTS) is 1. The maximum Gasteiger partial charge on any atom is 0.306 e. The molecule has 2 saturated carbocycles. The van der Waals surface area contributed by atoms with Crippen LogP contribution in [0, 0.1) is 11.8 Å². The number of hydrogen-bond acceptors (Lipinski definition) is 3. The van der Waals surface area contributed by atoms with Crippen LogP contribution in [0.3, 0.4) is 0 Å². The van der Waals surface area contributed by atoms with Crippen molar-refractivity contribution >= 4 is 17.3 Å². The molecule has 92 valence electrons. The van der Waals surface area contributed by atoms with Gasteiger partial charge in [-0.25, -0.2) is 4.98 Å². The van der Waals surface area contributed by atoms with E-state index in [9.17, 15) is 4.79 Å². The molecule has 2 atom stereocenters. The van der Waals surface area contributed by atoms with Gasteiger partial charge in [0.1, 0.15) is 0 Å². The second kappa shape index (κ2) is 4.41. The third-order valence-corrected chi connectivity index (χ3v) is 4.91. The van der Waals surface area contributed by atoms with Gasteiger partial charge in [-0.1, -0.05) is 12.8 Å². The first-order chi connectivity index (χ1) is 8.24. The van der Waals surface area contributed by atoms with Crippen molar-refractivity contribution < 1.29 is 9.90 Å². The summed E-state index contributed by atoms with van der Waals surface area (Å²) in [4.78, 5) is 15.5. The van der Waals surface area contributed by atoms with Crippen molar-refractivity contribution in [1.82, 2.24) is 4.98 Å². The molecule has 0 amide bonds. The van der Waals surface area contributed by atoms with Crippen LogP contribution in [0.25, 0.3) is 0 Å². The molecule has 2 aliphatic rings. The van der Waals surface area contributed by atoms with Gasteiger partial charge in [0.2, 0.25) is 0 Å². The second-order valence-electron chi connectivity index (χ2n) is 5.29. The lowest BCUT2D eigenvalue weighted by Crippen LogP contribution is -2.01. The Balaban J connectivity index is 1.59. The average molecular weight is 251 g/mol. The minimum atomic E-state index is -0.637. The van der Waals surface area contributed by atoms with Crippen LogP contribution in [0.2, 0.25) is 0 Å². The Bertz CT molecular complexity index is 423. The highest BCUT2D eigenvalue weighted by Gasteiger charge is 2.43. The van der Waals surface area contributed by atoms with Gasteiger partial charge in [-0.05, 0) is 25.2 Å². The van der Waals surface area contributed by atoms with Crippen LogP contribution in [-0.2, 0) is 11.2 Å². The molecule has 3 rings (SSSR count). The number of nitrogens with zero attached hydrogens (tertiary/aromatic N) is 1. The summed E-state index contributed by atoms with van der Waals surface area (Å²) in [6, 6.07) is 0. The fourth-order valence-corrected chi connectivity index (χ4v) is 3.80. The molecule has 0 radical (unpaired) electrons. The van der Waals surface area contributed by atoms with Gasteiger partial charge in [0, 0.05) is 17.7 Å². The monoisotopic (exact) mass is 251 g/mol. The smallest absolute Gasteiger partial charge is 0.306 e. The number of carboxylic acids is 1. The standard InChI is InChI=1S/C13H17NO2S/c15-13(16)10-5-9(10)6-12-14-11(7-17-12)8-3-1-2-4-8/h7-10H,1-6H2,(H,15,16). The molecule has 2 fully saturated rings. The van der Waals surface area contributed by atoms with Gasteiger partial charge in [0.05, 0.1) is 16.6 Å². The highest BCUT2D eigenvalue weighted by atomic mass is 32.1. The summed E-state index contributed by atoms with van der Waals surface area (Å²) >= 11 is 1.71. The number of rotatable bonds is 4. The quantitative estimate of drug-likeness (QED) is 0.894. The van der Waals surface area contributed by atoms with Crippen LogP contribution in [0.1, 0.15) is 48.7 Å². The summed E-state index contributed by atoms with van der Waals surface area (Å²) in [7, 11) is 0.